The van der Waals surface area contributed by atoms with Crippen molar-refractivity contribution in [3.05, 3.63) is 56.2 Å². The van der Waals surface area contributed by atoms with Gasteiger partial charge in [0.15, 0.2) is 0 Å². The van der Waals surface area contributed by atoms with E-state index in [1.54, 1.807) is 11.3 Å². The molecule has 1 aliphatic rings. The lowest BCUT2D eigenvalue weighted by Gasteiger charge is -2.19. The molecule has 1 N–H and O–H groups in total. The van der Waals surface area contributed by atoms with Crippen LogP contribution < -0.4 is 5.32 Å². The van der Waals surface area contributed by atoms with Crippen LogP contribution in [-0.2, 0) is 24.4 Å². The van der Waals surface area contributed by atoms with E-state index in [0.717, 1.165) is 36.9 Å². The van der Waals surface area contributed by atoms with Crippen LogP contribution in [0.1, 0.15) is 41.0 Å². The Balaban J connectivity index is 1.80. The van der Waals surface area contributed by atoms with E-state index in [0.29, 0.717) is 6.04 Å². The lowest BCUT2D eigenvalue weighted by Crippen LogP contribution is -2.24. The van der Waals surface area contributed by atoms with E-state index in [1.807, 2.05) is 6.07 Å². The first-order chi connectivity index (χ1) is 10.3. The van der Waals surface area contributed by atoms with Gasteiger partial charge >= 0.3 is 0 Å². The molecule has 0 fully saturated rings. The second-order valence-electron chi connectivity index (χ2n) is 5.44. The van der Waals surface area contributed by atoms with Crippen molar-refractivity contribution >= 4 is 22.9 Å². The van der Waals surface area contributed by atoms with E-state index in [-0.39, 0.29) is 0 Å². The summed E-state index contributed by atoms with van der Waals surface area (Å²) in [6, 6.07) is 11.2. The van der Waals surface area contributed by atoms with Gasteiger partial charge in [-0.1, -0.05) is 36.7 Å². The molecule has 1 unspecified atom stereocenters. The van der Waals surface area contributed by atoms with Crippen molar-refractivity contribution in [2.24, 2.45) is 0 Å². The molecule has 0 amide bonds. The Morgan fingerprint density at radius 1 is 1.24 bits per heavy atom. The Kier molecular flexibility index (Phi) is 4.96. The summed E-state index contributed by atoms with van der Waals surface area (Å²) in [4.78, 5) is 1.32. The van der Waals surface area contributed by atoms with E-state index in [4.69, 9.17) is 16.3 Å². The van der Waals surface area contributed by atoms with Crippen molar-refractivity contribution in [1.82, 2.24) is 5.32 Å². The highest BCUT2D eigenvalue weighted by Crippen LogP contribution is 2.29. The topological polar surface area (TPSA) is 21.3 Å². The minimum Gasteiger partial charge on any atom is -0.372 e. The Labute approximate surface area is 135 Å². The summed E-state index contributed by atoms with van der Waals surface area (Å²) in [5, 5.41) is 3.66. The average Bonchev–Trinajstić information content (AvgIpc) is 3.11. The fraction of sp³-hybridized carbons (Fsp3) is 0.412. The molecule has 1 aromatic heterocycles. The number of fused-ring (bicyclic) bond motifs is 1. The van der Waals surface area contributed by atoms with Crippen LogP contribution in [0.15, 0.2) is 30.3 Å². The minimum atomic E-state index is 0.338. The zero-order valence-corrected chi connectivity index (χ0v) is 13.8. The fourth-order valence-corrected chi connectivity index (χ4v) is 3.83. The number of rotatable bonds is 6. The largest absolute Gasteiger partial charge is 0.372 e. The van der Waals surface area contributed by atoms with Crippen molar-refractivity contribution in [3.63, 3.8) is 0 Å². The number of hydrogen-bond acceptors (Lipinski definition) is 3. The Morgan fingerprint density at radius 2 is 2.10 bits per heavy atom. The molecule has 2 nitrogen and oxygen atoms in total. The van der Waals surface area contributed by atoms with Gasteiger partial charge in [-0.05, 0) is 41.8 Å². The molecule has 1 atom stereocenters. The van der Waals surface area contributed by atoms with Crippen molar-refractivity contribution in [3.8, 4) is 0 Å². The molecule has 2 aromatic rings. The lowest BCUT2D eigenvalue weighted by atomic mass is 9.98. The fourth-order valence-electron chi connectivity index (χ4n) is 2.70. The van der Waals surface area contributed by atoms with Crippen LogP contribution in [0.25, 0.3) is 0 Å². The minimum absolute atomic E-state index is 0.338. The van der Waals surface area contributed by atoms with Crippen molar-refractivity contribution in [2.75, 3.05) is 6.54 Å². The van der Waals surface area contributed by atoms with Crippen LogP contribution >= 0.6 is 22.9 Å². The molecule has 112 valence electrons. The van der Waals surface area contributed by atoms with Crippen molar-refractivity contribution < 1.29 is 4.74 Å². The molecule has 1 aromatic carbocycles. The number of halogens is 1. The summed E-state index contributed by atoms with van der Waals surface area (Å²) in [5.41, 5.74) is 4.00. The van der Waals surface area contributed by atoms with Gasteiger partial charge in [0.25, 0.3) is 0 Å². The van der Waals surface area contributed by atoms with Gasteiger partial charge in [-0.2, -0.15) is 0 Å². The molecule has 0 saturated carbocycles. The molecule has 3 rings (SSSR count). The highest BCUT2D eigenvalue weighted by Gasteiger charge is 2.17. The normalized spacial score (nSPS) is 15.1. The van der Waals surface area contributed by atoms with E-state index in [9.17, 15) is 0 Å². The van der Waals surface area contributed by atoms with E-state index >= 15 is 0 Å². The molecule has 2 heterocycles. The summed E-state index contributed by atoms with van der Waals surface area (Å²) in [7, 11) is 0. The molecule has 1 aliphatic heterocycles. The first-order valence-corrected chi connectivity index (χ1v) is 8.62. The number of nitrogens with one attached hydrogen (secondary N) is 1. The second-order valence-corrected chi connectivity index (χ2v) is 7.24. The van der Waals surface area contributed by atoms with E-state index in [1.165, 1.54) is 21.6 Å². The van der Waals surface area contributed by atoms with Gasteiger partial charge < -0.3 is 10.1 Å². The molecule has 0 saturated heterocycles. The smallest absolute Gasteiger partial charge is 0.0931 e. The number of benzene rings is 1. The van der Waals surface area contributed by atoms with Gasteiger partial charge in [0.1, 0.15) is 0 Å². The van der Waals surface area contributed by atoms with Crippen LogP contribution in [0.4, 0.5) is 0 Å². The molecular formula is C17H20ClNOS. The standard InChI is InChI=1S/C17H20ClNOS/c1-2-7-19-16(9-15-5-6-17(18)21-15)12-3-4-13-10-20-11-14(13)8-12/h3-6,8,16,19H,2,7,9-11H2,1H3. The Bertz CT molecular complexity index is 611. The van der Waals surface area contributed by atoms with Crippen LogP contribution in [0.2, 0.25) is 4.34 Å². The van der Waals surface area contributed by atoms with Gasteiger partial charge in [-0.3, -0.25) is 0 Å². The summed E-state index contributed by atoms with van der Waals surface area (Å²) < 4.78 is 6.38. The third-order valence-electron chi connectivity index (χ3n) is 3.82. The Hall–Kier alpha value is -0.870. The number of hydrogen-bond donors (Lipinski definition) is 1. The summed E-state index contributed by atoms with van der Waals surface area (Å²) in [5.74, 6) is 0. The molecule has 4 heteroatoms. The summed E-state index contributed by atoms with van der Waals surface area (Å²) in [6.07, 6.45) is 2.12. The highest BCUT2D eigenvalue weighted by atomic mass is 35.5. The zero-order valence-electron chi connectivity index (χ0n) is 12.2. The van der Waals surface area contributed by atoms with Crippen molar-refractivity contribution in [1.29, 1.82) is 0 Å². The monoisotopic (exact) mass is 321 g/mol. The summed E-state index contributed by atoms with van der Waals surface area (Å²) >= 11 is 7.72. The van der Waals surface area contributed by atoms with E-state index in [2.05, 4.69) is 36.5 Å². The van der Waals surface area contributed by atoms with Crippen LogP contribution in [-0.4, -0.2) is 6.54 Å². The molecule has 21 heavy (non-hydrogen) atoms. The number of ether oxygens (including phenoxy) is 1. The second kappa shape index (κ2) is 6.93. The molecule has 0 aliphatic carbocycles. The molecule has 0 radical (unpaired) electrons. The first kappa shape index (κ1) is 15.0. The number of thiophene rings is 1. The van der Waals surface area contributed by atoms with E-state index < -0.39 is 0 Å². The average molecular weight is 322 g/mol. The Morgan fingerprint density at radius 3 is 2.86 bits per heavy atom. The predicted molar refractivity (Wildman–Crippen MR) is 89.0 cm³/mol. The van der Waals surface area contributed by atoms with Gasteiger partial charge in [0.2, 0.25) is 0 Å². The predicted octanol–water partition coefficient (Wildman–Crippen LogP) is 4.72. The SMILES string of the molecule is CCCNC(Cc1ccc(Cl)s1)c1ccc2c(c1)COC2. The van der Waals surface area contributed by atoms with Crippen LogP contribution in [0.3, 0.4) is 0 Å². The maximum Gasteiger partial charge on any atom is 0.0931 e. The van der Waals surface area contributed by atoms with Gasteiger partial charge in [-0.15, -0.1) is 11.3 Å². The third kappa shape index (κ3) is 3.67. The molecular weight excluding hydrogens is 302 g/mol. The quantitative estimate of drug-likeness (QED) is 0.831. The van der Waals surface area contributed by atoms with Gasteiger partial charge in [0, 0.05) is 17.3 Å². The van der Waals surface area contributed by atoms with Crippen molar-refractivity contribution in [2.45, 2.75) is 39.0 Å². The van der Waals surface area contributed by atoms with Gasteiger partial charge in [-0.25, -0.2) is 0 Å². The molecule has 0 bridgehead atoms. The first-order valence-electron chi connectivity index (χ1n) is 7.43. The molecule has 0 spiro atoms. The maximum absolute atomic E-state index is 6.05. The highest BCUT2D eigenvalue weighted by molar-refractivity contribution is 7.16. The summed E-state index contributed by atoms with van der Waals surface area (Å²) in [6.45, 7) is 4.72. The van der Waals surface area contributed by atoms with Crippen LogP contribution in [0, 0.1) is 0 Å². The third-order valence-corrected chi connectivity index (χ3v) is 5.08. The lowest BCUT2D eigenvalue weighted by molar-refractivity contribution is 0.134. The maximum atomic E-state index is 6.05. The van der Waals surface area contributed by atoms with Gasteiger partial charge in [0.05, 0.1) is 17.6 Å². The zero-order chi connectivity index (χ0) is 14.7. The van der Waals surface area contributed by atoms with Crippen LogP contribution in [0.5, 0.6) is 0 Å².